The molecule has 0 aliphatic carbocycles. The second-order valence-corrected chi connectivity index (χ2v) is 17.7. The first-order valence-electron chi connectivity index (χ1n) is 22.0. The van der Waals surface area contributed by atoms with E-state index in [2.05, 4.69) is 21.3 Å². The number of nitrogens with one attached hydrogen (secondary N) is 4. The summed E-state index contributed by atoms with van der Waals surface area (Å²) in [7, 11) is 2.86. The number of likely N-dealkylation sites (N-methyl/N-ethyl adjacent to an activating group) is 2. The van der Waals surface area contributed by atoms with Crippen LogP contribution in [0.25, 0.3) is 0 Å². The van der Waals surface area contributed by atoms with E-state index in [0.717, 1.165) is 5.56 Å². The van der Waals surface area contributed by atoms with E-state index in [0.29, 0.717) is 32.1 Å². The van der Waals surface area contributed by atoms with Gasteiger partial charge in [-0.2, -0.15) is 0 Å². The molecular weight excluding hydrogens is 813 g/mol. The summed E-state index contributed by atoms with van der Waals surface area (Å²) in [4.78, 5) is 111. The van der Waals surface area contributed by atoms with Crippen LogP contribution in [-0.4, -0.2) is 127 Å². The van der Waals surface area contributed by atoms with E-state index in [1.165, 1.54) is 30.8 Å². The molecule has 1 unspecified atom stereocenters. The fourth-order valence-electron chi connectivity index (χ4n) is 6.63. The zero-order chi connectivity index (χ0) is 47.4. The summed E-state index contributed by atoms with van der Waals surface area (Å²) < 4.78 is 16.5. The lowest BCUT2D eigenvalue weighted by molar-refractivity contribution is -0.154. The maximum Gasteiger partial charge on any atom is 0.407 e. The van der Waals surface area contributed by atoms with Crippen molar-refractivity contribution < 1.29 is 52.6 Å². The van der Waals surface area contributed by atoms with E-state index < -0.39 is 90.0 Å². The van der Waals surface area contributed by atoms with Crippen LogP contribution in [0.15, 0.2) is 42.0 Å². The van der Waals surface area contributed by atoms with Gasteiger partial charge in [0, 0.05) is 32.6 Å². The number of amides is 6. The minimum absolute atomic E-state index is 0.0415. The van der Waals surface area contributed by atoms with Crippen molar-refractivity contribution in [3.63, 3.8) is 0 Å². The molecule has 1 aromatic rings. The van der Waals surface area contributed by atoms with E-state index in [-0.39, 0.29) is 49.8 Å². The summed E-state index contributed by atoms with van der Waals surface area (Å²) in [6, 6.07) is 4.58. The second-order valence-electron chi connectivity index (χ2n) is 17.7. The lowest BCUT2D eigenvalue weighted by Crippen LogP contribution is -2.57. The van der Waals surface area contributed by atoms with Gasteiger partial charge in [0.1, 0.15) is 29.8 Å². The van der Waals surface area contributed by atoms with Crippen LogP contribution in [0.2, 0.25) is 0 Å². The number of cyclic esters (lactones) is 2. The molecule has 0 spiro atoms. The average molecular weight is 885 g/mol. The van der Waals surface area contributed by atoms with Crippen molar-refractivity contribution in [2.45, 2.75) is 150 Å². The third kappa shape index (κ3) is 19.2. The Balaban J connectivity index is 2.48. The first-order valence-corrected chi connectivity index (χ1v) is 22.0. The summed E-state index contributed by atoms with van der Waals surface area (Å²) in [6.45, 7) is 15.4. The van der Waals surface area contributed by atoms with E-state index in [1.54, 1.807) is 65.0 Å². The molecule has 17 nitrogen and oxygen atoms in total. The molecule has 63 heavy (non-hydrogen) atoms. The SMILES string of the molecule is CCC(C)[C@@H]1NC(=O)CN(C)C(=O)[C@@H](Cc2ccccc2)N(C)C(=O)[C@H](C)NC(=O)[C@@H](CC(C)C)OC(=O)/C(C)=C/CCCOC(=O)[C@H](CCCCNC(=O)OC(C)(C)C)NC1=O. The first-order chi connectivity index (χ1) is 29.5. The van der Waals surface area contributed by atoms with Gasteiger partial charge in [-0.05, 0) is 90.5 Å². The standard InChI is InChI=1S/C46H72N6O11/c1-12-30(4)38-40(55)49-34(23-16-18-24-47-45(60)63-46(7,8)9)44(59)61-25-19-17-20-31(5)43(58)62-36(26-29(2)3)39(54)48-32(6)41(56)52(11)35(27-33-21-14-13-15-22-33)42(57)51(10)28-37(53)50-38/h13-15,20-22,29-30,32,34-36,38H,12,16-19,23-28H2,1-11H3,(H,47,60)(H,48,54)(H,49,55)(H,50,53)/b31-20+/t30?,32-,34-,35+,36+,38-/m0/s1. The summed E-state index contributed by atoms with van der Waals surface area (Å²) in [5.74, 6) is -4.98. The highest BCUT2D eigenvalue weighted by Gasteiger charge is 2.36. The Morgan fingerprint density at radius 1 is 0.937 bits per heavy atom. The predicted octanol–water partition coefficient (Wildman–Crippen LogP) is 3.97. The van der Waals surface area contributed by atoms with Gasteiger partial charge in [-0.25, -0.2) is 14.4 Å². The molecule has 0 radical (unpaired) electrons. The Kier molecular flexibility index (Phi) is 22.3. The van der Waals surface area contributed by atoms with Crippen molar-refractivity contribution in [1.82, 2.24) is 31.1 Å². The number of rotatable bonds is 11. The normalized spacial score (nSPS) is 23.8. The fraction of sp³-hybridized carbons (Fsp3) is 0.652. The van der Waals surface area contributed by atoms with Crippen LogP contribution in [0.5, 0.6) is 0 Å². The molecule has 0 bridgehead atoms. The van der Waals surface area contributed by atoms with Crippen LogP contribution in [0.3, 0.4) is 0 Å². The maximum absolute atomic E-state index is 14.2. The molecule has 0 fully saturated rings. The van der Waals surface area contributed by atoms with Crippen LogP contribution in [-0.2, 0) is 54.2 Å². The predicted molar refractivity (Wildman–Crippen MR) is 237 cm³/mol. The minimum atomic E-state index is -1.22. The topological polar surface area (TPSA) is 219 Å². The van der Waals surface area contributed by atoms with Crippen molar-refractivity contribution >= 4 is 47.6 Å². The number of esters is 2. The van der Waals surface area contributed by atoms with Gasteiger partial charge in [0.15, 0.2) is 6.10 Å². The maximum atomic E-state index is 14.2. The van der Waals surface area contributed by atoms with Gasteiger partial charge in [0.25, 0.3) is 5.91 Å². The molecule has 1 heterocycles. The number of ether oxygens (including phenoxy) is 3. The molecule has 17 heteroatoms. The molecule has 1 aliphatic rings. The van der Waals surface area contributed by atoms with Crippen molar-refractivity contribution in [2.24, 2.45) is 11.8 Å². The highest BCUT2D eigenvalue weighted by Crippen LogP contribution is 2.17. The summed E-state index contributed by atoms with van der Waals surface area (Å²) in [5.41, 5.74) is 0.296. The Bertz CT molecular complexity index is 1740. The van der Waals surface area contributed by atoms with Gasteiger partial charge in [-0.15, -0.1) is 0 Å². The Labute approximate surface area is 373 Å². The fourth-order valence-corrected chi connectivity index (χ4v) is 6.63. The van der Waals surface area contributed by atoms with E-state index in [4.69, 9.17) is 14.2 Å². The molecule has 6 atom stereocenters. The number of nitrogens with zero attached hydrogens (tertiary/aromatic N) is 2. The molecule has 6 amide bonds. The number of allylic oxidation sites excluding steroid dienone is 1. The monoisotopic (exact) mass is 885 g/mol. The smallest absolute Gasteiger partial charge is 0.407 e. The van der Waals surface area contributed by atoms with E-state index in [9.17, 15) is 38.4 Å². The third-order valence-corrected chi connectivity index (χ3v) is 10.5. The van der Waals surface area contributed by atoms with Crippen molar-refractivity contribution in [1.29, 1.82) is 0 Å². The minimum Gasteiger partial charge on any atom is -0.464 e. The largest absolute Gasteiger partial charge is 0.464 e. The third-order valence-electron chi connectivity index (χ3n) is 10.5. The molecule has 2 rings (SSSR count). The number of carbonyl (C=O) groups is 8. The highest BCUT2D eigenvalue weighted by molar-refractivity contribution is 5.96. The lowest BCUT2D eigenvalue weighted by Gasteiger charge is -2.33. The highest BCUT2D eigenvalue weighted by atomic mass is 16.6. The van der Waals surface area contributed by atoms with Gasteiger partial charge in [-0.3, -0.25) is 24.0 Å². The van der Waals surface area contributed by atoms with Gasteiger partial charge >= 0.3 is 18.0 Å². The van der Waals surface area contributed by atoms with Crippen molar-refractivity contribution in [2.75, 3.05) is 33.8 Å². The Morgan fingerprint density at radius 2 is 1.60 bits per heavy atom. The number of hydrogen-bond acceptors (Lipinski definition) is 11. The Hall–Kier alpha value is -5.48. The van der Waals surface area contributed by atoms with E-state index in [1.807, 2.05) is 26.8 Å². The molecule has 0 aromatic heterocycles. The average Bonchev–Trinajstić information content (AvgIpc) is 3.21. The summed E-state index contributed by atoms with van der Waals surface area (Å²) >= 11 is 0. The zero-order valence-corrected chi connectivity index (χ0v) is 39.2. The molecule has 0 saturated heterocycles. The number of alkyl carbamates (subject to hydrolysis) is 1. The van der Waals surface area contributed by atoms with Gasteiger partial charge < -0.3 is 45.3 Å². The van der Waals surface area contributed by atoms with Gasteiger partial charge in [0.2, 0.25) is 23.6 Å². The molecule has 352 valence electrons. The van der Waals surface area contributed by atoms with Gasteiger partial charge in [0.05, 0.1) is 13.2 Å². The molecular formula is C46H72N6O11. The summed E-state index contributed by atoms with van der Waals surface area (Å²) in [5, 5.41) is 10.9. The van der Waals surface area contributed by atoms with E-state index >= 15 is 0 Å². The zero-order valence-electron chi connectivity index (χ0n) is 39.2. The van der Waals surface area contributed by atoms with Crippen LogP contribution in [0, 0.1) is 11.8 Å². The van der Waals surface area contributed by atoms with Crippen LogP contribution < -0.4 is 21.3 Å². The Morgan fingerprint density at radius 3 is 2.22 bits per heavy atom. The van der Waals surface area contributed by atoms with Crippen molar-refractivity contribution in [3.8, 4) is 0 Å². The quantitative estimate of drug-likeness (QED) is 0.142. The molecule has 1 aromatic carbocycles. The van der Waals surface area contributed by atoms with Crippen LogP contribution in [0.1, 0.15) is 113 Å². The lowest BCUT2D eigenvalue weighted by atomic mass is 9.97. The van der Waals surface area contributed by atoms with Crippen molar-refractivity contribution in [3.05, 3.63) is 47.5 Å². The van der Waals surface area contributed by atoms with Gasteiger partial charge in [-0.1, -0.05) is 70.5 Å². The second kappa shape index (κ2) is 26.2. The molecule has 0 saturated carbocycles. The van der Waals surface area contributed by atoms with Crippen LogP contribution in [0.4, 0.5) is 4.79 Å². The molecule has 4 N–H and O–H groups in total. The molecule has 1 aliphatic heterocycles. The first kappa shape index (κ1) is 53.7. The number of unbranched alkanes of at least 4 members (excludes halogenated alkanes) is 1. The number of benzene rings is 1. The number of carbonyl (C=O) groups excluding carboxylic acids is 8. The number of hydrogen-bond donors (Lipinski definition) is 4. The van der Waals surface area contributed by atoms with Crippen LogP contribution >= 0.6 is 0 Å². The summed E-state index contributed by atoms with van der Waals surface area (Å²) in [6.07, 6.45) is 2.21.